The van der Waals surface area contributed by atoms with Crippen molar-refractivity contribution in [3.05, 3.63) is 0 Å². The van der Waals surface area contributed by atoms with Gasteiger partial charge in [0.05, 0.1) is 0 Å². The molecule has 0 aromatic heterocycles. The average Bonchev–Trinajstić information content (AvgIpc) is 2.52. The number of nitrogens with zero attached hydrogens (tertiary/aromatic N) is 2. The topological polar surface area (TPSA) is 56.7 Å². The fourth-order valence-corrected chi connectivity index (χ4v) is 3.55. The molecule has 2 fully saturated rings. The summed E-state index contributed by atoms with van der Waals surface area (Å²) in [5.74, 6) is 1.83. The van der Waals surface area contributed by atoms with Gasteiger partial charge in [0.25, 0.3) is 0 Å². The molecule has 1 amide bonds. The number of piperidine rings is 1. The summed E-state index contributed by atoms with van der Waals surface area (Å²) in [5.41, 5.74) is 0. The summed E-state index contributed by atoms with van der Waals surface area (Å²) in [6.07, 6.45) is 9.17. The number of hydrogen-bond acceptors (Lipinski definition) is 2. The van der Waals surface area contributed by atoms with Crippen molar-refractivity contribution < 1.29 is 4.79 Å². The van der Waals surface area contributed by atoms with E-state index in [2.05, 4.69) is 27.4 Å². The Bertz CT molecular complexity index is 383. The lowest BCUT2D eigenvalue weighted by molar-refractivity contribution is -0.121. The zero-order chi connectivity index (χ0) is 15.8. The van der Waals surface area contributed by atoms with E-state index in [-0.39, 0.29) is 29.9 Å². The number of hydrogen-bond donors (Lipinski definition) is 2. The number of carbonyl (C=O) groups excluding carboxylic acids is 1. The third-order valence-corrected chi connectivity index (χ3v) is 4.77. The first-order valence-corrected chi connectivity index (χ1v) is 8.94. The smallest absolute Gasteiger partial charge is 0.221 e. The summed E-state index contributed by atoms with van der Waals surface area (Å²) in [6, 6.07) is 0.406. The molecule has 1 heterocycles. The highest BCUT2D eigenvalue weighted by Crippen LogP contribution is 2.17. The highest BCUT2D eigenvalue weighted by molar-refractivity contribution is 14.0. The maximum Gasteiger partial charge on any atom is 0.221 e. The van der Waals surface area contributed by atoms with Crippen LogP contribution in [-0.4, -0.2) is 49.5 Å². The molecular weight excluding hydrogens is 403 g/mol. The summed E-state index contributed by atoms with van der Waals surface area (Å²) in [4.78, 5) is 18.7. The van der Waals surface area contributed by atoms with Crippen molar-refractivity contribution in [1.82, 2.24) is 15.5 Å². The van der Waals surface area contributed by atoms with Crippen LogP contribution in [0.25, 0.3) is 0 Å². The first kappa shape index (κ1) is 20.5. The normalized spacial score (nSPS) is 23.1. The predicted molar refractivity (Wildman–Crippen MR) is 106 cm³/mol. The van der Waals surface area contributed by atoms with Gasteiger partial charge in [-0.15, -0.1) is 24.0 Å². The molecule has 0 bridgehead atoms. The van der Waals surface area contributed by atoms with Crippen LogP contribution in [0.1, 0.15) is 58.3 Å². The van der Waals surface area contributed by atoms with Gasteiger partial charge in [-0.25, -0.2) is 0 Å². The number of guanidine groups is 1. The number of rotatable bonds is 4. The Morgan fingerprint density at radius 1 is 1.17 bits per heavy atom. The van der Waals surface area contributed by atoms with Crippen molar-refractivity contribution in [2.24, 2.45) is 10.9 Å². The lowest BCUT2D eigenvalue weighted by Gasteiger charge is -2.33. The van der Waals surface area contributed by atoms with Crippen LogP contribution in [-0.2, 0) is 4.79 Å². The van der Waals surface area contributed by atoms with Crippen LogP contribution in [0.3, 0.4) is 0 Å². The fraction of sp³-hybridized carbons (Fsp3) is 0.882. The molecule has 1 aliphatic carbocycles. The zero-order valence-corrected chi connectivity index (χ0v) is 17.0. The summed E-state index contributed by atoms with van der Waals surface area (Å²) in [6.45, 7) is 5.08. The lowest BCUT2D eigenvalue weighted by Crippen LogP contribution is -2.47. The van der Waals surface area contributed by atoms with Gasteiger partial charge >= 0.3 is 0 Å². The van der Waals surface area contributed by atoms with E-state index in [9.17, 15) is 4.79 Å². The van der Waals surface area contributed by atoms with Gasteiger partial charge in [0.1, 0.15) is 0 Å². The largest absolute Gasteiger partial charge is 0.356 e. The molecule has 23 heavy (non-hydrogen) atoms. The Kier molecular flexibility index (Phi) is 9.90. The van der Waals surface area contributed by atoms with Crippen LogP contribution < -0.4 is 10.6 Å². The second-order valence-corrected chi connectivity index (χ2v) is 6.82. The van der Waals surface area contributed by atoms with Gasteiger partial charge in [-0.2, -0.15) is 0 Å². The molecule has 0 spiro atoms. The SMILES string of the molecule is CN=C(NCCC(=O)NC1CCCCC1)N1CCCC(C)C1.I. The van der Waals surface area contributed by atoms with E-state index in [1.165, 1.54) is 32.1 Å². The number of nitrogens with one attached hydrogen (secondary N) is 2. The molecule has 1 unspecified atom stereocenters. The Hall–Kier alpha value is -0.530. The van der Waals surface area contributed by atoms with Crippen LogP contribution in [0, 0.1) is 5.92 Å². The molecule has 1 aliphatic heterocycles. The fourth-order valence-electron chi connectivity index (χ4n) is 3.55. The van der Waals surface area contributed by atoms with Crippen molar-refractivity contribution in [3.63, 3.8) is 0 Å². The third-order valence-electron chi connectivity index (χ3n) is 4.77. The Labute approximate surface area is 158 Å². The van der Waals surface area contributed by atoms with Gasteiger partial charge in [-0.05, 0) is 31.6 Å². The summed E-state index contributed by atoms with van der Waals surface area (Å²) in [5, 5.41) is 6.51. The van der Waals surface area contributed by atoms with E-state index in [0.29, 0.717) is 19.0 Å². The first-order valence-electron chi connectivity index (χ1n) is 8.94. The van der Waals surface area contributed by atoms with E-state index >= 15 is 0 Å². The van der Waals surface area contributed by atoms with Gasteiger partial charge in [-0.1, -0.05) is 26.2 Å². The quantitative estimate of drug-likeness (QED) is 0.405. The predicted octanol–water partition coefficient (Wildman–Crippen LogP) is 2.75. The summed E-state index contributed by atoms with van der Waals surface area (Å²) >= 11 is 0. The molecule has 0 aromatic rings. The second-order valence-electron chi connectivity index (χ2n) is 6.82. The van der Waals surface area contributed by atoms with Crippen LogP contribution in [0.5, 0.6) is 0 Å². The van der Waals surface area contributed by atoms with E-state index < -0.39 is 0 Å². The van der Waals surface area contributed by atoms with Crippen LogP contribution >= 0.6 is 24.0 Å². The molecule has 1 saturated carbocycles. The average molecular weight is 436 g/mol. The highest BCUT2D eigenvalue weighted by Gasteiger charge is 2.19. The van der Waals surface area contributed by atoms with Gasteiger partial charge in [-0.3, -0.25) is 9.79 Å². The zero-order valence-electron chi connectivity index (χ0n) is 14.6. The molecule has 134 valence electrons. The van der Waals surface area contributed by atoms with Crippen molar-refractivity contribution in [2.75, 3.05) is 26.7 Å². The minimum atomic E-state index is 0. The number of carbonyl (C=O) groups is 1. The Morgan fingerprint density at radius 3 is 2.57 bits per heavy atom. The first-order chi connectivity index (χ1) is 10.7. The maximum absolute atomic E-state index is 12.0. The molecule has 0 radical (unpaired) electrons. The molecule has 6 heteroatoms. The number of halogens is 1. The van der Waals surface area contributed by atoms with Gasteiger partial charge in [0, 0.05) is 39.1 Å². The summed E-state index contributed by atoms with van der Waals surface area (Å²) in [7, 11) is 1.82. The van der Waals surface area contributed by atoms with Crippen molar-refractivity contribution >= 4 is 35.8 Å². The second kappa shape index (κ2) is 11.1. The number of likely N-dealkylation sites (tertiary alicyclic amines) is 1. The molecule has 1 saturated heterocycles. The van der Waals surface area contributed by atoms with Crippen LogP contribution in [0.4, 0.5) is 0 Å². The van der Waals surface area contributed by atoms with Gasteiger partial charge < -0.3 is 15.5 Å². The maximum atomic E-state index is 12.0. The Morgan fingerprint density at radius 2 is 1.91 bits per heavy atom. The molecule has 0 aromatic carbocycles. The lowest BCUT2D eigenvalue weighted by atomic mass is 9.95. The van der Waals surface area contributed by atoms with Gasteiger partial charge in [0.2, 0.25) is 5.91 Å². The van der Waals surface area contributed by atoms with Gasteiger partial charge in [0.15, 0.2) is 5.96 Å². The third kappa shape index (κ3) is 7.27. The summed E-state index contributed by atoms with van der Waals surface area (Å²) < 4.78 is 0. The van der Waals surface area contributed by atoms with Crippen LogP contribution in [0.2, 0.25) is 0 Å². The van der Waals surface area contributed by atoms with E-state index in [0.717, 1.165) is 37.8 Å². The number of amides is 1. The molecule has 1 atom stereocenters. The van der Waals surface area contributed by atoms with E-state index in [4.69, 9.17) is 0 Å². The van der Waals surface area contributed by atoms with Crippen molar-refractivity contribution in [2.45, 2.75) is 64.3 Å². The van der Waals surface area contributed by atoms with E-state index in [1.807, 2.05) is 7.05 Å². The molecular formula is C17H33IN4O. The molecule has 5 nitrogen and oxygen atoms in total. The number of aliphatic imine (C=N–C) groups is 1. The van der Waals surface area contributed by atoms with Crippen molar-refractivity contribution in [1.29, 1.82) is 0 Å². The van der Waals surface area contributed by atoms with Crippen molar-refractivity contribution in [3.8, 4) is 0 Å². The molecule has 2 rings (SSSR count). The minimum Gasteiger partial charge on any atom is -0.356 e. The standard InChI is InChI=1S/C17H32N4O.HI/c1-14-7-6-12-21(13-14)17(18-2)19-11-10-16(22)20-15-8-4-3-5-9-15;/h14-15H,3-13H2,1-2H3,(H,18,19)(H,20,22);1H. The minimum absolute atomic E-state index is 0. The van der Waals surface area contributed by atoms with E-state index in [1.54, 1.807) is 0 Å². The van der Waals surface area contributed by atoms with Crippen LogP contribution in [0.15, 0.2) is 4.99 Å². The monoisotopic (exact) mass is 436 g/mol. The highest BCUT2D eigenvalue weighted by atomic mass is 127. The molecule has 2 aliphatic rings. The Balaban J connectivity index is 0.00000264. The molecule has 2 N–H and O–H groups in total.